The highest BCUT2D eigenvalue weighted by atomic mass is 35.5. The van der Waals surface area contributed by atoms with Crippen molar-refractivity contribution in [1.82, 2.24) is 10.2 Å². The van der Waals surface area contributed by atoms with Crippen LogP contribution in [0.2, 0.25) is 15.1 Å². The number of halogens is 3. The Kier molecular flexibility index (Phi) is 8.52. The molecule has 4 rings (SSSR count). The molecule has 2 aromatic rings. The maximum Gasteiger partial charge on any atom is 0.236 e. The lowest BCUT2D eigenvalue weighted by atomic mass is 9.83. The molecule has 0 aromatic heterocycles. The van der Waals surface area contributed by atoms with Crippen LogP contribution in [0, 0.1) is 11.8 Å². The molecule has 0 radical (unpaired) electrons. The fourth-order valence-corrected chi connectivity index (χ4v) is 6.02. The van der Waals surface area contributed by atoms with Crippen molar-refractivity contribution in [2.45, 2.75) is 32.2 Å². The minimum Gasteiger partial charge on any atom is -0.377 e. The van der Waals surface area contributed by atoms with Crippen LogP contribution in [0.25, 0.3) is 0 Å². The monoisotopic (exact) mass is 522 g/mol. The number of benzene rings is 2. The average Bonchev–Trinajstić information content (AvgIpc) is 3.31. The molecule has 8 heteroatoms. The first-order valence-corrected chi connectivity index (χ1v) is 13.2. The van der Waals surface area contributed by atoms with Gasteiger partial charge in [-0.1, -0.05) is 40.9 Å². The van der Waals surface area contributed by atoms with Crippen molar-refractivity contribution >= 4 is 52.1 Å². The van der Waals surface area contributed by atoms with E-state index in [1.54, 1.807) is 6.07 Å². The molecule has 2 aromatic carbocycles. The van der Waals surface area contributed by atoms with Gasteiger partial charge >= 0.3 is 0 Å². The number of hydrogen-bond acceptors (Lipinski definition) is 4. The number of anilines is 2. The Morgan fingerprint density at radius 3 is 2.44 bits per heavy atom. The summed E-state index contributed by atoms with van der Waals surface area (Å²) < 4.78 is 0. The second kappa shape index (κ2) is 11.4. The third-order valence-electron chi connectivity index (χ3n) is 7.23. The number of carbonyl (C=O) groups is 1. The van der Waals surface area contributed by atoms with Crippen LogP contribution in [0.15, 0.2) is 36.4 Å². The third kappa shape index (κ3) is 5.93. The van der Waals surface area contributed by atoms with Crippen LogP contribution in [0.1, 0.15) is 37.8 Å². The van der Waals surface area contributed by atoms with E-state index in [0.29, 0.717) is 33.4 Å². The summed E-state index contributed by atoms with van der Waals surface area (Å²) >= 11 is 19.0. The van der Waals surface area contributed by atoms with Gasteiger partial charge in [-0.3, -0.25) is 4.79 Å². The zero-order chi connectivity index (χ0) is 24.2. The van der Waals surface area contributed by atoms with Gasteiger partial charge in [-0.15, -0.1) is 0 Å². The molecule has 0 bridgehead atoms. The number of hydrogen-bond donors (Lipinski definition) is 2. The molecule has 5 nitrogen and oxygen atoms in total. The summed E-state index contributed by atoms with van der Waals surface area (Å²) in [4.78, 5) is 16.7. The summed E-state index contributed by atoms with van der Waals surface area (Å²) in [5, 5.41) is 8.44. The fourth-order valence-electron chi connectivity index (χ4n) is 5.27. The maximum absolute atomic E-state index is 12.2. The second-order valence-corrected chi connectivity index (χ2v) is 10.7. The molecule has 2 atom stereocenters. The molecule has 2 aliphatic rings. The van der Waals surface area contributed by atoms with E-state index in [2.05, 4.69) is 34.6 Å². The largest absolute Gasteiger partial charge is 0.377 e. The zero-order valence-electron chi connectivity index (χ0n) is 19.8. The minimum atomic E-state index is -0.0146. The lowest BCUT2D eigenvalue weighted by Crippen LogP contribution is -2.38. The number of nitrogens with zero attached hydrogens (tertiary/aromatic N) is 2. The molecule has 2 unspecified atom stereocenters. The smallest absolute Gasteiger partial charge is 0.236 e. The van der Waals surface area contributed by atoms with Gasteiger partial charge in [0.1, 0.15) is 0 Å². The van der Waals surface area contributed by atoms with E-state index in [1.165, 1.54) is 5.69 Å². The SMILES string of the molecule is CNCC(=O)N1CCC(C2CCN(c3ccc(Cl)c(NC(C)c4ccc(Cl)cc4Cl)c3)CC2)C1. The van der Waals surface area contributed by atoms with Gasteiger partial charge in [0.2, 0.25) is 5.91 Å². The summed E-state index contributed by atoms with van der Waals surface area (Å²) in [6.45, 7) is 6.34. The Hall–Kier alpha value is -1.66. The molecule has 184 valence electrons. The molecule has 0 spiro atoms. The zero-order valence-corrected chi connectivity index (χ0v) is 22.1. The molecule has 2 N–H and O–H groups in total. The summed E-state index contributed by atoms with van der Waals surface area (Å²) in [7, 11) is 1.83. The molecular weight excluding hydrogens is 491 g/mol. The highest BCUT2D eigenvalue weighted by Gasteiger charge is 2.33. The minimum absolute atomic E-state index is 0.0146. The van der Waals surface area contributed by atoms with Crippen molar-refractivity contribution in [2.75, 3.05) is 50.0 Å². The van der Waals surface area contributed by atoms with Gasteiger partial charge in [0.25, 0.3) is 0 Å². The van der Waals surface area contributed by atoms with Crippen molar-refractivity contribution in [3.05, 3.63) is 57.0 Å². The maximum atomic E-state index is 12.2. The molecule has 34 heavy (non-hydrogen) atoms. The Bertz CT molecular complexity index is 1010. The summed E-state index contributed by atoms with van der Waals surface area (Å²) in [6.07, 6.45) is 3.43. The van der Waals surface area contributed by atoms with Crippen molar-refractivity contribution < 1.29 is 4.79 Å². The van der Waals surface area contributed by atoms with Gasteiger partial charge in [0.05, 0.1) is 23.3 Å². The molecule has 0 saturated carbocycles. The Morgan fingerprint density at radius 1 is 1.00 bits per heavy atom. The number of carbonyl (C=O) groups excluding carboxylic acids is 1. The number of likely N-dealkylation sites (N-methyl/N-ethyl adjacent to an activating group) is 1. The second-order valence-electron chi connectivity index (χ2n) is 9.44. The summed E-state index contributed by atoms with van der Waals surface area (Å²) in [5.74, 6) is 1.52. The van der Waals surface area contributed by atoms with Crippen molar-refractivity contribution in [2.24, 2.45) is 11.8 Å². The van der Waals surface area contributed by atoms with Crippen molar-refractivity contribution in [3.8, 4) is 0 Å². The molecule has 1 amide bonds. The Balaban J connectivity index is 1.36. The molecule has 2 saturated heterocycles. The highest BCUT2D eigenvalue weighted by molar-refractivity contribution is 6.35. The number of amides is 1. The first-order chi connectivity index (χ1) is 16.4. The van der Waals surface area contributed by atoms with Crippen LogP contribution in [0.4, 0.5) is 11.4 Å². The molecular formula is C26H33Cl3N4O. The Morgan fingerprint density at radius 2 is 1.74 bits per heavy atom. The topological polar surface area (TPSA) is 47.6 Å². The van der Waals surface area contributed by atoms with Gasteiger partial charge in [0, 0.05) is 41.9 Å². The predicted molar refractivity (Wildman–Crippen MR) is 144 cm³/mol. The quantitative estimate of drug-likeness (QED) is 0.460. The van der Waals surface area contributed by atoms with Crippen LogP contribution in [-0.4, -0.2) is 50.6 Å². The van der Waals surface area contributed by atoms with E-state index < -0.39 is 0 Å². The van der Waals surface area contributed by atoms with E-state index in [9.17, 15) is 4.79 Å². The van der Waals surface area contributed by atoms with Crippen LogP contribution in [-0.2, 0) is 4.79 Å². The van der Waals surface area contributed by atoms with E-state index in [-0.39, 0.29) is 11.9 Å². The van der Waals surface area contributed by atoms with Crippen molar-refractivity contribution in [1.29, 1.82) is 0 Å². The van der Waals surface area contributed by atoms with E-state index in [0.717, 1.165) is 56.7 Å². The summed E-state index contributed by atoms with van der Waals surface area (Å²) in [5.41, 5.74) is 3.05. The van der Waals surface area contributed by atoms with E-state index >= 15 is 0 Å². The molecule has 2 fully saturated rings. The van der Waals surface area contributed by atoms with Gasteiger partial charge < -0.3 is 20.4 Å². The molecule has 0 aliphatic carbocycles. The standard InChI is InChI=1S/C26H33Cl3N4O/c1-17(22-5-3-20(27)13-24(22)29)31-25-14-21(4-6-23(25)28)32-10-7-18(8-11-32)19-9-12-33(16-19)26(34)15-30-2/h3-6,13-14,17-19,30-31H,7-12,15-16H2,1-2H3. The lowest BCUT2D eigenvalue weighted by molar-refractivity contribution is -0.129. The number of rotatable bonds is 7. The van der Waals surface area contributed by atoms with Gasteiger partial charge in [0.15, 0.2) is 0 Å². The van der Waals surface area contributed by atoms with Crippen LogP contribution in [0.5, 0.6) is 0 Å². The number of piperidine rings is 1. The van der Waals surface area contributed by atoms with Gasteiger partial charge in [-0.25, -0.2) is 0 Å². The lowest BCUT2D eigenvalue weighted by Gasteiger charge is -2.36. The number of nitrogens with one attached hydrogen (secondary N) is 2. The third-order valence-corrected chi connectivity index (χ3v) is 8.12. The molecule has 2 heterocycles. The van der Waals surface area contributed by atoms with E-state index in [1.807, 2.05) is 30.1 Å². The first kappa shape index (κ1) is 25.4. The van der Waals surface area contributed by atoms with Crippen LogP contribution in [0.3, 0.4) is 0 Å². The average molecular weight is 524 g/mol. The first-order valence-electron chi connectivity index (χ1n) is 12.0. The fraction of sp³-hybridized carbons (Fsp3) is 0.500. The van der Waals surface area contributed by atoms with Gasteiger partial charge in [-0.05, 0) is 81.0 Å². The van der Waals surface area contributed by atoms with Crippen LogP contribution < -0.4 is 15.5 Å². The van der Waals surface area contributed by atoms with Gasteiger partial charge in [-0.2, -0.15) is 0 Å². The normalized spacial score (nSPS) is 20.0. The van der Waals surface area contributed by atoms with E-state index in [4.69, 9.17) is 34.8 Å². The number of likely N-dealkylation sites (tertiary alicyclic amines) is 1. The predicted octanol–water partition coefficient (Wildman–Crippen LogP) is 6.10. The molecule has 2 aliphatic heterocycles. The Labute approximate surface area is 217 Å². The summed E-state index contributed by atoms with van der Waals surface area (Å²) in [6, 6.07) is 11.7. The van der Waals surface area contributed by atoms with Crippen LogP contribution >= 0.6 is 34.8 Å². The van der Waals surface area contributed by atoms with Crippen molar-refractivity contribution in [3.63, 3.8) is 0 Å². The highest BCUT2D eigenvalue weighted by Crippen LogP contribution is 2.36.